The van der Waals surface area contributed by atoms with E-state index in [1.165, 1.54) is 12.1 Å². The summed E-state index contributed by atoms with van der Waals surface area (Å²) in [6.07, 6.45) is 0. The van der Waals surface area contributed by atoms with E-state index in [9.17, 15) is 4.57 Å². The molecular weight excluding hydrogens is 223 g/mol. The number of aromatic hydroxyl groups is 1. The van der Waals surface area contributed by atoms with Crippen LogP contribution in [-0.4, -0.2) is 5.11 Å². The second kappa shape index (κ2) is 4.86. The summed E-state index contributed by atoms with van der Waals surface area (Å²) in [4.78, 5) is 0. The molecule has 0 aliphatic carbocycles. The summed E-state index contributed by atoms with van der Waals surface area (Å²) in [7, 11) is -2.26. The Morgan fingerprint density at radius 1 is 0.938 bits per heavy atom. The molecule has 0 fully saturated rings. The van der Waals surface area contributed by atoms with Crippen LogP contribution in [0.2, 0.25) is 0 Å². The van der Waals surface area contributed by atoms with E-state index in [1.807, 2.05) is 18.2 Å². The van der Waals surface area contributed by atoms with Crippen molar-refractivity contribution in [2.24, 2.45) is 0 Å². The van der Waals surface area contributed by atoms with Crippen molar-refractivity contribution < 1.29 is 14.2 Å². The first kappa shape index (κ1) is 10.8. The monoisotopic (exact) mass is 234 g/mol. The lowest BCUT2D eigenvalue weighted by atomic mass is 10.3. The number of hydrogen-bond acceptors (Lipinski definition) is 3. The summed E-state index contributed by atoms with van der Waals surface area (Å²) in [6.45, 7) is 0. The molecule has 0 spiro atoms. The maximum absolute atomic E-state index is 11.8. The first-order chi connectivity index (χ1) is 7.75. The molecule has 1 N–H and O–H groups in total. The molecule has 1 atom stereocenters. The Bertz CT molecular complexity index is 479. The molecule has 0 radical (unpaired) electrons. The van der Waals surface area contributed by atoms with Gasteiger partial charge in [-0.3, -0.25) is 4.57 Å². The molecule has 0 amide bonds. The summed E-state index contributed by atoms with van der Waals surface area (Å²) >= 11 is 0. The molecule has 2 aromatic rings. The molecule has 0 bridgehead atoms. The lowest BCUT2D eigenvalue weighted by Gasteiger charge is -2.05. The van der Waals surface area contributed by atoms with Gasteiger partial charge in [0.1, 0.15) is 11.5 Å². The van der Waals surface area contributed by atoms with Gasteiger partial charge in [-0.2, -0.15) is 0 Å². The van der Waals surface area contributed by atoms with Crippen LogP contribution in [0.3, 0.4) is 0 Å². The van der Waals surface area contributed by atoms with Crippen LogP contribution in [-0.2, 0) is 4.57 Å². The first-order valence-electron chi connectivity index (χ1n) is 4.82. The predicted octanol–water partition coefficient (Wildman–Crippen LogP) is 2.57. The van der Waals surface area contributed by atoms with E-state index < -0.39 is 8.03 Å². The fourth-order valence-corrected chi connectivity index (χ4v) is 2.19. The van der Waals surface area contributed by atoms with Crippen molar-refractivity contribution in [3.8, 4) is 11.5 Å². The minimum absolute atomic E-state index is 0.159. The van der Waals surface area contributed by atoms with Crippen molar-refractivity contribution >= 4 is 13.3 Å². The summed E-state index contributed by atoms with van der Waals surface area (Å²) in [5, 5.41) is 9.76. The van der Waals surface area contributed by atoms with E-state index in [0.29, 0.717) is 11.1 Å². The Balaban J connectivity index is 2.11. The van der Waals surface area contributed by atoms with Crippen molar-refractivity contribution in [1.82, 2.24) is 0 Å². The fourth-order valence-electron chi connectivity index (χ4n) is 1.25. The van der Waals surface area contributed by atoms with Gasteiger partial charge in [0.2, 0.25) is 0 Å². The summed E-state index contributed by atoms with van der Waals surface area (Å²) in [5.41, 5.74) is 0. The SMILES string of the molecule is O=[PH](Oc1ccc(O)cc1)c1ccccc1. The van der Waals surface area contributed by atoms with Crippen LogP contribution in [0.1, 0.15) is 0 Å². The Morgan fingerprint density at radius 2 is 1.56 bits per heavy atom. The number of benzene rings is 2. The van der Waals surface area contributed by atoms with E-state index in [1.54, 1.807) is 24.3 Å². The fraction of sp³-hybridized carbons (Fsp3) is 0. The molecule has 0 aliphatic rings. The summed E-state index contributed by atoms with van der Waals surface area (Å²) in [5.74, 6) is 0.650. The van der Waals surface area contributed by atoms with Crippen LogP contribution in [0.15, 0.2) is 54.6 Å². The quantitative estimate of drug-likeness (QED) is 0.830. The van der Waals surface area contributed by atoms with Crippen LogP contribution in [0.25, 0.3) is 0 Å². The van der Waals surface area contributed by atoms with Gasteiger partial charge in [0, 0.05) is 5.30 Å². The first-order valence-corrected chi connectivity index (χ1v) is 6.13. The van der Waals surface area contributed by atoms with Crippen LogP contribution >= 0.6 is 8.03 Å². The molecule has 0 saturated carbocycles. The third-order valence-corrected chi connectivity index (χ3v) is 3.28. The molecule has 82 valence electrons. The van der Waals surface area contributed by atoms with E-state index in [-0.39, 0.29) is 5.75 Å². The molecule has 0 aliphatic heterocycles. The van der Waals surface area contributed by atoms with Gasteiger partial charge in [0.15, 0.2) is 0 Å². The van der Waals surface area contributed by atoms with Crippen LogP contribution in [0.4, 0.5) is 0 Å². The van der Waals surface area contributed by atoms with Gasteiger partial charge < -0.3 is 9.63 Å². The smallest absolute Gasteiger partial charge is 0.265 e. The number of hydrogen-bond donors (Lipinski definition) is 1. The highest BCUT2D eigenvalue weighted by Gasteiger charge is 2.04. The largest absolute Gasteiger partial charge is 0.508 e. The third-order valence-electron chi connectivity index (χ3n) is 2.06. The molecule has 2 rings (SSSR count). The topological polar surface area (TPSA) is 46.5 Å². The molecule has 0 aromatic heterocycles. The molecule has 16 heavy (non-hydrogen) atoms. The Kier molecular flexibility index (Phi) is 3.28. The van der Waals surface area contributed by atoms with Gasteiger partial charge >= 0.3 is 0 Å². The maximum atomic E-state index is 11.8. The van der Waals surface area contributed by atoms with Gasteiger partial charge in [0.05, 0.1) is 0 Å². The van der Waals surface area contributed by atoms with E-state index in [4.69, 9.17) is 9.63 Å². The minimum atomic E-state index is -2.26. The molecule has 0 heterocycles. The van der Waals surface area contributed by atoms with E-state index in [2.05, 4.69) is 0 Å². The van der Waals surface area contributed by atoms with E-state index in [0.717, 1.165) is 0 Å². The van der Waals surface area contributed by atoms with Gasteiger partial charge in [0.25, 0.3) is 8.03 Å². The zero-order valence-electron chi connectivity index (χ0n) is 8.46. The second-order valence-corrected chi connectivity index (χ2v) is 4.61. The van der Waals surface area contributed by atoms with Crippen molar-refractivity contribution in [2.75, 3.05) is 0 Å². The molecule has 4 heteroatoms. The molecule has 0 saturated heterocycles. The zero-order valence-corrected chi connectivity index (χ0v) is 9.46. The van der Waals surface area contributed by atoms with Crippen LogP contribution in [0.5, 0.6) is 11.5 Å². The molecule has 1 unspecified atom stereocenters. The highest BCUT2D eigenvalue weighted by molar-refractivity contribution is 7.48. The van der Waals surface area contributed by atoms with Gasteiger partial charge in [-0.25, -0.2) is 0 Å². The molecular formula is C12H11O3P. The van der Waals surface area contributed by atoms with Crippen molar-refractivity contribution in [1.29, 1.82) is 0 Å². The lowest BCUT2D eigenvalue weighted by Crippen LogP contribution is -1.98. The standard InChI is InChI=1S/C12H11O3P/c13-10-6-8-11(9-7-10)15-16(14)12-4-2-1-3-5-12/h1-9,13,16H. The van der Waals surface area contributed by atoms with Crippen LogP contribution < -0.4 is 9.83 Å². The predicted molar refractivity (Wildman–Crippen MR) is 63.8 cm³/mol. The number of phenols is 1. The molecule has 2 aromatic carbocycles. The number of phenolic OH excluding ortho intramolecular Hbond substituents is 1. The third kappa shape index (κ3) is 2.65. The van der Waals surface area contributed by atoms with Crippen molar-refractivity contribution in [3.63, 3.8) is 0 Å². The van der Waals surface area contributed by atoms with Crippen LogP contribution in [0, 0.1) is 0 Å². The average molecular weight is 234 g/mol. The second-order valence-electron chi connectivity index (χ2n) is 3.25. The lowest BCUT2D eigenvalue weighted by molar-refractivity contribution is 0.472. The Hall–Kier alpha value is -1.73. The summed E-state index contributed by atoms with van der Waals surface area (Å²) in [6, 6.07) is 15.2. The van der Waals surface area contributed by atoms with Crippen molar-refractivity contribution in [2.45, 2.75) is 0 Å². The zero-order chi connectivity index (χ0) is 11.4. The summed E-state index contributed by atoms with van der Waals surface area (Å²) < 4.78 is 17.1. The minimum Gasteiger partial charge on any atom is -0.508 e. The van der Waals surface area contributed by atoms with E-state index >= 15 is 0 Å². The Morgan fingerprint density at radius 3 is 2.19 bits per heavy atom. The highest BCUT2D eigenvalue weighted by Crippen LogP contribution is 2.27. The Labute approximate surface area is 94.2 Å². The number of rotatable bonds is 3. The van der Waals surface area contributed by atoms with Gasteiger partial charge in [-0.05, 0) is 36.4 Å². The van der Waals surface area contributed by atoms with Gasteiger partial charge in [-0.15, -0.1) is 0 Å². The normalized spacial score (nSPS) is 12.0. The van der Waals surface area contributed by atoms with Gasteiger partial charge in [-0.1, -0.05) is 18.2 Å². The maximum Gasteiger partial charge on any atom is 0.265 e. The highest BCUT2D eigenvalue weighted by atomic mass is 31.1. The molecule has 3 nitrogen and oxygen atoms in total. The van der Waals surface area contributed by atoms with Crippen molar-refractivity contribution in [3.05, 3.63) is 54.6 Å². The average Bonchev–Trinajstić information content (AvgIpc) is 2.33.